The number of aryl methyl sites for hydroxylation is 1. The van der Waals surface area contributed by atoms with E-state index in [2.05, 4.69) is 28.1 Å². The fraction of sp³-hybridized carbons (Fsp3) is 0.400. The van der Waals surface area contributed by atoms with Gasteiger partial charge in [0, 0.05) is 31.9 Å². The summed E-state index contributed by atoms with van der Waals surface area (Å²) in [6.07, 6.45) is 8.71. The molecule has 0 aliphatic carbocycles. The monoisotopic (exact) mass is 339 g/mol. The van der Waals surface area contributed by atoms with Gasteiger partial charge >= 0.3 is 5.97 Å². The van der Waals surface area contributed by atoms with Crippen molar-refractivity contribution in [1.29, 1.82) is 0 Å². The van der Waals surface area contributed by atoms with E-state index in [4.69, 9.17) is 0 Å². The van der Waals surface area contributed by atoms with Crippen molar-refractivity contribution in [3.05, 3.63) is 60.2 Å². The highest BCUT2D eigenvalue weighted by molar-refractivity contribution is 5.77. The molecular weight excluding hydrogens is 314 g/mol. The molecule has 1 aromatic carbocycles. The van der Waals surface area contributed by atoms with Gasteiger partial charge in [-0.25, -0.2) is 4.98 Å². The third kappa shape index (κ3) is 4.57. The molecule has 0 amide bonds. The van der Waals surface area contributed by atoms with Crippen LogP contribution in [0.1, 0.15) is 30.5 Å². The molecule has 1 unspecified atom stereocenters. The van der Waals surface area contributed by atoms with Crippen LogP contribution in [0.4, 0.5) is 0 Å². The third-order valence-electron chi connectivity index (χ3n) is 4.71. The van der Waals surface area contributed by atoms with Crippen LogP contribution >= 0.6 is 0 Å². The Kier molecular flexibility index (Phi) is 5.66. The number of carboxylic acids is 1. The average Bonchev–Trinajstić information content (AvgIpc) is 3.06. The van der Waals surface area contributed by atoms with E-state index in [-0.39, 0.29) is 5.92 Å². The van der Waals surface area contributed by atoms with Crippen LogP contribution in [0.15, 0.2) is 48.9 Å². The van der Waals surface area contributed by atoms with Crippen LogP contribution in [0.3, 0.4) is 0 Å². The summed E-state index contributed by atoms with van der Waals surface area (Å²) in [7, 11) is 1.97. The van der Waals surface area contributed by atoms with Gasteiger partial charge < -0.3 is 14.6 Å². The molecule has 1 aliphatic heterocycles. The number of aromatic nitrogens is 2. The molecule has 0 spiro atoms. The van der Waals surface area contributed by atoms with Crippen LogP contribution in [0.25, 0.3) is 5.57 Å². The largest absolute Gasteiger partial charge is 0.481 e. The molecule has 132 valence electrons. The number of hydrogen-bond donors (Lipinski definition) is 1. The number of likely N-dealkylation sites (tertiary alicyclic amines) is 1. The zero-order valence-corrected chi connectivity index (χ0v) is 14.6. The van der Waals surface area contributed by atoms with Gasteiger partial charge in [0.2, 0.25) is 0 Å². The van der Waals surface area contributed by atoms with Crippen molar-refractivity contribution in [2.45, 2.75) is 19.3 Å². The Balaban J connectivity index is 1.70. The first kappa shape index (κ1) is 17.4. The molecule has 2 aromatic rings. The van der Waals surface area contributed by atoms with Gasteiger partial charge in [0.25, 0.3) is 0 Å². The van der Waals surface area contributed by atoms with Crippen molar-refractivity contribution >= 4 is 11.5 Å². The van der Waals surface area contributed by atoms with Gasteiger partial charge in [-0.3, -0.25) is 4.79 Å². The summed E-state index contributed by atoms with van der Waals surface area (Å²) in [5.74, 6) is -0.888. The van der Waals surface area contributed by atoms with Gasteiger partial charge in [0.15, 0.2) is 0 Å². The summed E-state index contributed by atoms with van der Waals surface area (Å²) in [5.41, 5.74) is 3.26. The Morgan fingerprint density at radius 1 is 1.36 bits per heavy atom. The number of nitrogens with zero attached hydrogens (tertiary/aromatic N) is 3. The molecule has 0 bridgehead atoms. The van der Waals surface area contributed by atoms with E-state index in [1.807, 2.05) is 42.3 Å². The zero-order chi connectivity index (χ0) is 17.6. The average molecular weight is 339 g/mol. The van der Waals surface area contributed by atoms with E-state index in [9.17, 15) is 9.90 Å². The maximum Gasteiger partial charge on any atom is 0.307 e. The third-order valence-corrected chi connectivity index (χ3v) is 4.71. The summed E-state index contributed by atoms with van der Waals surface area (Å²) in [4.78, 5) is 18.0. The molecule has 1 aromatic heterocycles. The number of imidazole rings is 1. The zero-order valence-electron chi connectivity index (χ0n) is 14.6. The Morgan fingerprint density at radius 2 is 2.16 bits per heavy atom. The second kappa shape index (κ2) is 8.12. The van der Waals surface area contributed by atoms with Gasteiger partial charge in [0.05, 0.1) is 17.9 Å². The quantitative estimate of drug-likeness (QED) is 0.879. The van der Waals surface area contributed by atoms with Crippen LogP contribution in [-0.2, 0) is 11.8 Å². The van der Waals surface area contributed by atoms with Crippen molar-refractivity contribution in [2.75, 3.05) is 19.6 Å². The molecule has 5 heteroatoms. The maximum atomic E-state index is 11.2. The highest BCUT2D eigenvalue weighted by Gasteiger charge is 2.24. The topological polar surface area (TPSA) is 58.4 Å². The SMILES string of the molecule is Cn1cnc(C(=CCCN2CCCC(C(=O)O)C2)c2ccccc2)c1. The number of rotatable bonds is 6. The second-order valence-electron chi connectivity index (χ2n) is 6.67. The minimum absolute atomic E-state index is 0.220. The summed E-state index contributed by atoms with van der Waals surface area (Å²) >= 11 is 0. The van der Waals surface area contributed by atoms with Crippen LogP contribution in [0.2, 0.25) is 0 Å². The molecule has 1 saturated heterocycles. The predicted molar refractivity (Wildman–Crippen MR) is 98.1 cm³/mol. The number of benzene rings is 1. The van der Waals surface area contributed by atoms with E-state index in [1.54, 1.807) is 0 Å². The second-order valence-corrected chi connectivity index (χ2v) is 6.67. The number of carbonyl (C=O) groups is 1. The molecule has 1 fully saturated rings. The van der Waals surface area contributed by atoms with Gasteiger partial charge in [-0.15, -0.1) is 0 Å². The molecule has 5 nitrogen and oxygen atoms in total. The van der Waals surface area contributed by atoms with Gasteiger partial charge in [-0.1, -0.05) is 36.4 Å². The fourth-order valence-electron chi connectivity index (χ4n) is 3.39. The molecule has 1 atom stereocenters. The van der Waals surface area contributed by atoms with Crippen LogP contribution in [-0.4, -0.2) is 45.2 Å². The fourth-order valence-corrected chi connectivity index (χ4v) is 3.39. The van der Waals surface area contributed by atoms with Crippen molar-refractivity contribution in [3.63, 3.8) is 0 Å². The first-order valence-corrected chi connectivity index (χ1v) is 8.82. The Labute approximate surface area is 148 Å². The highest BCUT2D eigenvalue weighted by atomic mass is 16.4. The molecule has 0 saturated carbocycles. The number of carboxylic acid groups (broad SMARTS) is 1. The number of piperidine rings is 1. The summed E-state index contributed by atoms with van der Waals surface area (Å²) in [6.45, 7) is 2.53. The van der Waals surface area contributed by atoms with E-state index in [0.717, 1.165) is 49.2 Å². The lowest BCUT2D eigenvalue weighted by molar-refractivity contribution is -0.143. The predicted octanol–water partition coefficient (Wildman–Crippen LogP) is 3.04. The smallest absolute Gasteiger partial charge is 0.307 e. The van der Waals surface area contributed by atoms with E-state index >= 15 is 0 Å². The van der Waals surface area contributed by atoms with E-state index < -0.39 is 5.97 Å². The van der Waals surface area contributed by atoms with Gasteiger partial charge in [-0.05, 0) is 31.4 Å². The molecule has 1 N–H and O–H groups in total. The standard InChI is InChI=1S/C20H25N3O2/c1-22-14-19(21-15-22)18(16-7-3-2-4-8-16)10-6-12-23-11-5-9-17(13-23)20(24)25/h2-4,7-8,10,14-15,17H,5-6,9,11-13H2,1H3,(H,24,25). The normalized spacial score (nSPS) is 19.1. The van der Waals surface area contributed by atoms with E-state index in [0.29, 0.717) is 6.54 Å². The van der Waals surface area contributed by atoms with Crippen LogP contribution in [0.5, 0.6) is 0 Å². The lowest BCUT2D eigenvalue weighted by atomic mass is 9.98. The maximum absolute atomic E-state index is 11.2. The van der Waals surface area contributed by atoms with Crippen molar-refractivity contribution in [2.24, 2.45) is 13.0 Å². The first-order valence-electron chi connectivity index (χ1n) is 8.82. The summed E-state index contributed by atoms with van der Waals surface area (Å²) in [6, 6.07) is 10.3. The molecule has 1 aliphatic rings. The molecular formula is C20H25N3O2. The van der Waals surface area contributed by atoms with Crippen molar-refractivity contribution in [1.82, 2.24) is 14.5 Å². The van der Waals surface area contributed by atoms with E-state index in [1.165, 1.54) is 0 Å². The number of aliphatic carboxylic acids is 1. The Morgan fingerprint density at radius 3 is 2.84 bits per heavy atom. The molecule has 3 rings (SSSR count). The van der Waals surface area contributed by atoms with Crippen LogP contribution in [0, 0.1) is 5.92 Å². The minimum Gasteiger partial charge on any atom is -0.481 e. The Bertz CT molecular complexity index is 736. The van der Waals surface area contributed by atoms with Crippen molar-refractivity contribution in [3.8, 4) is 0 Å². The first-order chi connectivity index (χ1) is 12.1. The number of hydrogen-bond acceptors (Lipinski definition) is 3. The Hall–Kier alpha value is -2.40. The molecule has 2 heterocycles. The summed E-state index contributed by atoms with van der Waals surface area (Å²) < 4.78 is 1.95. The van der Waals surface area contributed by atoms with Crippen LogP contribution < -0.4 is 0 Å². The van der Waals surface area contributed by atoms with Crippen molar-refractivity contribution < 1.29 is 9.90 Å². The highest BCUT2D eigenvalue weighted by Crippen LogP contribution is 2.23. The minimum atomic E-state index is -0.668. The molecule has 0 radical (unpaired) electrons. The molecule has 25 heavy (non-hydrogen) atoms. The summed E-state index contributed by atoms with van der Waals surface area (Å²) in [5, 5.41) is 9.22. The van der Waals surface area contributed by atoms with Gasteiger partial charge in [-0.2, -0.15) is 0 Å². The van der Waals surface area contributed by atoms with Gasteiger partial charge in [0.1, 0.15) is 0 Å². The lowest BCUT2D eigenvalue weighted by Gasteiger charge is -2.30. The lowest BCUT2D eigenvalue weighted by Crippen LogP contribution is -2.39.